The van der Waals surface area contributed by atoms with Gasteiger partial charge in [0.2, 0.25) is 0 Å². The molecule has 0 saturated heterocycles. The number of rotatable bonds is 4. The van der Waals surface area contributed by atoms with Crippen molar-refractivity contribution < 1.29 is 0 Å². The van der Waals surface area contributed by atoms with Crippen molar-refractivity contribution in [2.45, 2.75) is 25.9 Å². The van der Waals surface area contributed by atoms with Crippen molar-refractivity contribution >= 4 is 10.9 Å². The van der Waals surface area contributed by atoms with Gasteiger partial charge in [-0.1, -0.05) is 0 Å². The van der Waals surface area contributed by atoms with Crippen LogP contribution in [0.15, 0.2) is 48.0 Å². The molecule has 1 atom stereocenters. The smallest absolute Gasteiger partial charge is 0.261 e. The summed E-state index contributed by atoms with van der Waals surface area (Å²) in [7, 11) is 0. The third-order valence-corrected chi connectivity index (χ3v) is 3.40. The van der Waals surface area contributed by atoms with Crippen molar-refractivity contribution in [2.24, 2.45) is 0 Å². The molecule has 0 radical (unpaired) electrons. The van der Waals surface area contributed by atoms with Crippen LogP contribution < -0.4 is 5.56 Å². The molecule has 20 heavy (non-hydrogen) atoms. The molecule has 0 saturated carbocycles. The Kier molecular flexibility index (Phi) is 3.28. The molecule has 3 rings (SSSR count). The Morgan fingerprint density at radius 3 is 3.05 bits per heavy atom. The van der Waals surface area contributed by atoms with Crippen LogP contribution in [0.4, 0.5) is 0 Å². The normalized spacial score (nSPS) is 12.7. The van der Waals surface area contributed by atoms with E-state index < -0.39 is 0 Å². The largest absolute Gasteiger partial charge is 0.296 e. The summed E-state index contributed by atoms with van der Waals surface area (Å²) in [5, 5.41) is 4.76. The SMILES string of the molecule is C[C@H](CCn1cccn1)n1cnc2cnccc2c1=O. The number of pyridine rings is 1. The number of aryl methyl sites for hydroxylation is 1. The lowest BCUT2D eigenvalue weighted by molar-refractivity contribution is 0.435. The van der Waals surface area contributed by atoms with Crippen molar-refractivity contribution in [3.63, 3.8) is 0 Å². The molecule has 0 N–H and O–H groups in total. The minimum absolute atomic E-state index is 0.0228. The first-order valence-corrected chi connectivity index (χ1v) is 6.54. The van der Waals surface area contributed by atoms with E-state index in [1.165, 1.54) is 0 Å². The van der Waals surface area contributed by atoms with Gasteiger partial charge in [-0.05, 0) is 25.5 Å². The molecule has 102 valence electrons. The summed E-state index contributed by atoms with van der Waals surface area (Å²) in [4.78, 5) is 20.7. The molecule has 0 aliphatic carbocycles. The van der Waals surface area contributed by atoms with Crippen molar-refractivity contribution in [3.05, 3.63) is 53.6 Å². The zero-order chi connectivity index (χ0) is 13.9. The third-order valence-electron chi connectivity index (χ3n) is 3.40. The number of aromatic nitrogens is 5. The Hall–Kier alpha value is -2.50. The lowest BCUT2D eigenvalue weighted by Gasteiger charge is -2.15. The second-order valence-electron chi connectivity index (χ2n) is 4.76. The van der Waals surface area contributed by atoms with Crippen molar-refractivity contribution in [1.82, 2.24) is 24.3 Å². The van der Waals surface area contributed by atoms with Crippen molar-refractivity contribution in [3.8, 4) is 0 Å². The monoisotopic (exact) mass is 269 g/mol. The van der Waals surface area contributed by atoms with Gasteiger partial charge in [0.05, 0.1) is 23.4 Å². The van der Waals surface area contributed by atoms with Gasteiger partial charge in [-0.2, -0.15) is 5.10 Å². The lowest BCUT2D eigenvalue weighted by atomic mass is 10.2. The highest BCUT2D eigenvalue weighted by Gasteiger charge is 2.10. The van der Waals surface area contributed by atoms with Gasteiger partial charge in [-0.3, -0.25) is 19.0 Å². The first kappa shape index (κ1) is 12.5. The Balaban J connectivity index is 1.86. The van der Waals surface area contributed by atoms with E-state index in [2.05, 4.69) is 15.1 Å². The molecule has 3 heterocycles. The molecule has 0 aromatic carbocycles. The van der Waals surface area contributed by atoms with E-state index in [0.29, 0.717) is 10.9 Å². The first-order chi connectivity index (χ1) is 9.75. The molecule has 3 aromatic heterocycles. The Morgan fingerprint density at radius 1 is 1.35 bits per heavy atom. The summed E-state index contributed by atoms with van der Waals surface area (Å²) in [6, 6.07) is 3.67. The second-order valence-corrected chi connectivity index (χ2v) is 4.76. The maximum Gasteiger partial charge on any atom is 0.261 e. The summed E-state index contributed by atoms with van der Waals surface area (Å²) in [6.07, 6.45) is 9.31. The molecule has 0 aliphatic heterocycles. The van der Waals surface area contributed by atoms with Gasteiger partial charge in [-0.15, -0.1) is 0 Å². The minimum Gasteiger partial charge on any atom is -0.296 e. The van der Waals surface area contributed by atoms with Crippen LogP contribution in [0.2, 0.25) is 0 Å². The molecule has 6 heteroatoms. The topological polar surface area (TPSA) is 65.6 Å². The van der Waals surface area contributed by atoms with Gasteiger partial charge in [0, 0.05) is 31.2 Å². The highest BCUT2D eigenvalue weighted by Crippen LogP contribution is 2.11. The molecular weight excluding hydrogens is 254 g/mol. The van der Waals surface area contributed by atoms with E-state index >= 15 is 0 Å². The van der Waals surface area contributed by atoms with Gasteiger partial charge in [0.15, 0.2) is 0 Å². The highest BCUT2D eigenvalue weighted by molar-refractivity contribution is 5.75. The fourth-order valence-corrected chi connectivity index (χ4v) is 2.19. The number of hydrogen-bond acceptors (Lipinski definition) is 4. The molecular formula is C14H15N5O. The highest BCUT2D eigenvalue weighted by atomic mass is 16.1. The maximum absolute atomic E-state index is 12.4. The van der Waals surface area contributed by atoms with Gasteiger partial charge < -0.3 is 0 Å². The average molecular weight is 269 g/mol. The van der Waals surface area contributed by atoms with Crippen LogP contribution in [-0.2, 0) is 6.54 Å². The van der Waals surface area contributed by atoms with Crippen molar-refractivity contribution in [2.75, 3.05) is 0 Å². The van der Waals surface area contributed by atoms with Crippen LogP contribution in [0.3, 0.4) is 0 Å². The molecule has 3 aromatic rings. The van der Waals surface area contributed by atoms with Crippen LogP contribution in [-0.4, -0.2) is 24.3 Å². The van der Waals surface area contributed by atoms with E-state index in [1.807, 2.05) is 23.9 Å². The Morgan fingerprint density at radius 2 is 2.25 bits per heavy atom. The number of nitrogens with zero attached hydrogens (tertiary/aromatic N) is 5. The molecule has 6 nitrogen and oxygen atoms in total. The van der Waals surface area contributed by atoms with Gasteiger partial charge in [0.1, 0.15) is 0 Å². The van der Waals surface area contributed by atoms with Crippen LogP contribution in [0.25, 0.3) is 10.9 Å². The summed E-state index contributed by atoms with van der Waals surface area (Å²) in [5.74, 6) is 0. The van der Waals surface area contributed by atoms with Crippen molar-refractivity contribution in [1.29, 1.82) is 0 Å². The molecule has 0 fully saturated rings. The van der Waals surface area contributed by atoms with Gasteiger partial charge in [0.25, 0.3) is 5.56 Å². The predicted molar refractivity (Wildman–Crippen MR) is 75.4 cm³/mol. The van der Waals surface area contributed by atoms with E-state index in [9.17, 15) is 4.79 Å². The third kappa shape index (κ3) is 2.32. The fourth-order valence-electron chi connectivity index (χ4n) is 2.19. The van der Waals surface area contributed by atoms with E-state index in [1.54, 1.807) is 35.6 Å². The van der Waals surface area contributed by atoms with Gasteiger partial charge >= 0.3 is 0 Å². The van der Waals surface area contributed by atoms with Crippen LogP contribution >= 0.6 is 0 Å². The van der Waals surface area contributed by atoms with Crippen LogP contribution in [0.5, 0.6) is 0 Å². The maximum atomic E-state index is 12.4. The summed E-state index contributed by atoms with van der Waals surface area (Å²) in [5.41, 5.74) is 0.610. The van der Waals surface area contributed by atoms with E-state index in [0.717, 1.165) is 13.0 Å². The Bertz CT molecular complexity index is 763. The average Bonchev–Trinajstić information content (AvgIpc) is 2.99. The van der Waals surface area contributed by atoms with Crippen LogP contribution in [0, 0.1) is 0 Å². The zero-order valence-electron chi connectivity index (χ0n) is 11.2. The molecule has 0 amide bonds. The summed E-state index contributed by atoms with van der Waals surface area (Å²) in [6.45, 7) is 2.79. The standard InChI is InChI=1S/C14H15N5O/c1-11(4-8-18-7-2-5-17-18)19-10-16-13-9-15-6-3-12(13)14(19)20/h2-3,5-7,9-11H,4,8H2,1H3/t11-/m1/s1. The number of fused-ring (bicyclic) bond motifs is 1. The number of hydrogen-bond donors (Lipinski definition) is 0. The zero-order valence-corrected chi connectivity index (χ0v) is 11.2. The summed E-state index contributed by atoms with van der Waals surface area (Å²) >= 11 is 0. The lowest BCUT2D eigenvalue weighted by Crippen LogP contribution is -2.24. The first-order valence-electron chi connectivity index (χ1n) is 6.54. The second kappa shape index (κ2) is 5.24. The predicted octanol–water partition coefficient (Wildman–Crippen LogP) is 1.64. The van der Waals surface area contributed by atoms with Gasteiger partial charge in [-0.25, -0.2) is 4.98 Å². The molecule has 0 unspecified atom stereocenters. The fraction of sp³-hybridized carbons (Fsp3) is 0.286. The minimum atomic E-state index is -0.0228. The summed E-state index contributed by atoms with van der Waals surface area (Å²) < 4.78 is 3.53. The quantitative estimate of drug-likeness (QED) is 0.722. The van der Waals surface area contributed by atoms with Crippen LogP contribution in [0.1, 0.15) is 19.4 Å². The molecule has 0 bridgehead atoms. The molecule has 0 aliphatic rings. The van der Waals surface area contributed by atoms with E-state index in [-0.39, 0.29) is 11.6 Å². The Labute approximate surface area is 115 Å². The molecule has 0 spiro atoms. The van der Waals surface area contributed by atoms with E-state index in [4.69, 9.17) is 0 Å².